The largest absolute Gasteiger partial charge is 0.506 e. The van der Waals surface area contributed by atoms with Crippen LogP contribution in [0.2, 0.25) is 0 Å². The molecule has 2 bridgehead atoms. The smallest absolute Gasteiger partial charge is 0.425 e. The number of benzene rings is 1. The van der Waals surface area contributed by atoms with Gasteiger partial charge in [0.15, 0.2) is 5.57 Å². The van der Waals surface area contributed by atoms with E-state index in [1.165, 1.54) is 30.3 Å². The molecule has 10 heteroatoms. The highest BCUT2D eigenvalue weighted by atomic mass is 19.4. The molecule has 3 aliphatic carbocycles. The number of amides is 1. The molecule has 0 radical (unpaired) electrons. The van der Waals surface area contributed by atoms with Crippen LogP contribution in [0.15, 0.2) is 71.9 Å². The summed E-state index contributed by atoms with van der Waals surface area (Å²) in [5.74, 6) is -3.32. The Morgan fingerprint density at radius 3 is 2.65 bits per heavy atom. The average molecular weight is 600 g/mol. The van der Waals surface area contributed by atoms with Gasteiger partial charge < -0.3 is 24.4 Å². The Kier molecular flexibility index (Phi) is 7.16. The second-order valence-electron chi connectivity index (χ2n) is 12.5. The molecule has 1 amide bonds. The molecule has 7 nitrogen and oxygen atoms in total. The third kappa shape index (κ3) is 4.39. The number of allylic oxidation sites excluding steroid dienone is 1. The number of nitrogens with one attached hydrogen (secondary N) is 1. The number of piperidine rings is 1. The molecule has 1 aromatic carbocycles. The summed E-state index contributed by atoms with van der Waals surface area (Å²) in [5.41, 5.74) is -2.33. The van der Waals surface area contributed by atoms with Crippen LogP contribution in [0.5, 0.6) is 0 Å². The number of aliphatic hydroxyl groups excluding tert-OH is 1. The minimum atomic E-state index is -5.20. The lowest BCUT2D eigenvalue weighted by Gasteiger charge is -2.62. The van der Waals surface area contributed by atoms with Crippen LogP contribution in [0.3, 0.4) is 0 Å². The van der Waals surface area contributed by atoms with E-state index in [2.05, 4.69) is 18.8 Å². The summed E-state index contributed by atoms with van der Waals surface area (Å²) < 4.78 is 56.5. The summed E-state index contributed by atoms with van der Waals surface area (Å²) in [7, 11) is 0. The maximum absolute atomic E-state index is 14.4. The molecule has 1 spiro atoms. The van der Waals surface area contributed by atoms with Gasteiger partial charge in [-0.15, -0.1) is 0 Å². The summed E-state index contributed by atoms with van der Waals surface area (Å²) in [6.07, 6.45) is 3.18. The van der Waals surface area contributed by atoms with Crippen molar-refractivity contribution in [2.45, 2.75) is 76.1 Å². The molecule has 1 saturated carbocycles. The normalized spacial score (nSPS) is 36.4. The molecule has 1 aromatic rings. The summed E-state index contributed by atoms with van der Waals surface area (Å²) in [6.45, 7) is 10.1. The first-order chi connectivity index (χ1) is 20.4. The molecule has 3 fully saturated rings. The lowest BCUT2D eigenvalue weighted by atomic mass is 9.50. The van der Waals surface area contributed by atoms with Crippen molar-refractivity contribution >= 4 is 17.6 Å². The number of carbonyl (C=O) groups is 2. The van der Waals surface area contributed by atoms with Gasteiger partial charge in [-0.2, -0.15) is 13.2 Å². The maximum Gasteiger partial charge on any atom is 0.425 e. The van der Waals surface area contributed by atoms with Gasteiger partial charge in [-0.3, -0.25) is 9.59 Å². The third-order valence-corrected chi connectivity index (χ3v) is 10.7. The van der Waals surface area contributed by atoms with Crippen LogP contribution in [0, 0.1) is 11.3 Å². The molecule has 3 unspecified atom stereocenters. The van der Waals surface area contributed by atoms with E-state index in [1.54, 1.807) is 12.1 Å². The number of alkyl halides is 3. The monoisotopic (exact) mass is 599 g/mol. The van der Waals surface area contributed by atoms with Crippen molar-refractivity contribution in [3.63, 3.8) is 0 Å². The number of carbonyl (C=O) groups excluding carboxylic acids is 2. The molecule has 230 valence electrons. The van der Waals surface area contributed by atoms with Crippen molar-refractivity contribution in [3.8, 4) is 0 Å². The highest BCUT2D eigenvalue weighted by Gasteiger charge is 2.71. The first-order valence-corrected chi connectivity index (χ1v) is 15.1. The van der Waals surface area contributed by atoms with Gasteiger partial charge >= 0.3 is 12.1 Å². The lowest BCUT2D eigenvalue weighted by molar-refractivity contribution is -0.956. The van der Waals surface area contributed by atoms with Crippen LogP contribution < -0.4 is 5.32 Å². The number of quaternary nitrogens is 1. The molecular formula is C33H38F3N2O5+. The number of nitrogens with zero attached hydrogens (tertiary/aromatic N) is 1. The van der Waals surface area contributed by atoms with Crippen LogP contribution in [0.25, 0.3) is 5.76 Å². The SMILES string of the molecule is C=CC[N+]1(CC)CC[C@]23C4=C5C=CC(NC(=O)C(=C(O)c6ccccc6)C(F)(F)F)(OC(C)=O)C4O[C@H]2CCC[C@H]3[C@H]1C5. The van der Waals surface area contributed by atoms with E-state index in [0.29, 0.717) is 6.04 Å². The van der Waals surface area contributed by atoms with Crippen molar-refractivity contribution in [2.24, 2.45) is 11.3 Å². The number of hydrogen-bond donors (Lipinski definition) is 2. The second-order valence-corrected chi connectivity index (χ2v) is 12.5. The number of esters is 1. The average Bonchev–Trinajstić information content (AvgIpc) is 3.30. The van der Waals surface area contributed by atoms with E-state index in [9.17, 15) is 27.9 Å². The highest BCUT2D eigenvalue weighted by Crippen LogP contribution is 2.67. The van der Waals surface area contributed by atoms with Gasteiger partial charge in [0.25, 0.3) is 5.91 Å². The van der Waals surface area contributed by atoms with Crippen LogP contribution in [0.4, 0.5) is 13.2 Å². The Morgan fingerprint density at radius 1 is 1.26 bits per heavy atom. The topological polar surface area (TPSA) is 84.9 Å². The minimum absolute atomic E-state index is 0.168. The van der Waals surface area contributed by atoms with Gasteiger partial charge in [0.05, 0.1) is 31.8 Å². The Labute approximate surface area is 249 Å². The Morgan fingerprint density at radius 2 is 2.00 bits per heavy atom. The molecule has 2 heterocycles. The summed E-state index contributed by atoms with van der Waals surface area (Å²) in [4.78, 5) is 26.1. The van der Waals surface area contributed by atoms with Crippen molar-refractivity contribution in [1.82, 2.24) is 5.32 Å². The Bertz CT molecular complexity index is 1440. The molecule has 2 N–H and O–H groups in total. The number of aliphatic hydroxyl groups is 1. The fraction of sp³-hybridized carbons (Fsp3) is 0.515. The molecule has 6 rings (SSSR count). The molecule has 2 saturated heterocycles. The summed E-state index contributed by atoms with van der Waals surface area (Å²) in [5, 5.41) is 13.1. The van der Waals surface area contributed by atoms with E-state index in [1.807, 2.05) is 6.08 Å². The van der Waals surface area contributed by atoms with Crippen molar-refractivity contribution < 1.29 is 41.8 Å². The van der Waals surface area contributed by atoms with Crippen molar-refractivity contribution in [3.05, 3.63) is 77.4 Å². The maximum atomic E-state index is 14.4. The predicted molar refractivity (Wildman–Crippen MR) is 153 cm³/mol. The highest BCUT2D eigenvalue weighted by molar-refractivity contribution is 6.01. The van der Waals surface area contributed by atoms with E-state index < -0.39 is 41.2 Å². The van der Waals surface area contributed by atoms with Crippen molar-refractivity contribution in [2.75, 3.05) is 19.6 Å². The van der Waals surface area contributed by atoms with Gasteiger partial charge in [-0.05, 0) is 43.1 Å². The van der Waals surface area contributed by atoms with Crippen LogP contribution in [0.1, 0.15) is 51.5 Å². The molecule has 2 aliphatic heterocycles. The summed E-state index contributed by atoms with van der Waals surface area (Å²) >= 11 is 0. The molecule has 5 aliphatic rings. The van der Waals surface area contributed by atoms with Gasteiger partial charge in [0.1, 0.15) is 11.9 Å². The fourth-order valence-corrected chi connectivity index (χ4v) is 9.03. The predicted octanol–water partition coefficient (Wildman–Crippen LogP) is 5.51. The molecule has 0 aromatic heterocycles. The van der Waals surface area contributed by atoms with Crippen LogP contribution >= 0.6 is 0 Å². The molecule has 43 heavy (non-hydrogen) atoms. The number of rotatable bonds is 7. The fourth-order valence-electron chi connectivity index (χ4n) is 9.03. The zero-order valence-corrected chi connectivity index (χ0v) is 24.5. The quantitative estimate of drug-likeness (QED) is 0.108. The van der Waals surface area contributed by atoms with Gasteiger partial charge in [-0.25, -0.2) is 0 Å². The van der Waals surface area contributed by atoms with Gasteiger partial charge in [-0.1, -0.05) is 49.4 Å². The molecule has 7 atom stereocenters. The van der Waals surface area contributed by atoms with E-state index in [4.69, 9.17) is 9.47 Å². The minimum Gasteiger partial charge on any atom is -0.506 e. The van der Waals surface area contributed by atoms with Crippen LogP contribution in [-0.2, 0) is 19.1 Å². The summed E-state index contributed by atoms with van der Waals surface area (Å²) in [6, 6.07) is 7.40. The Balaban J connectivity index is 1.45. The standard InChI is InChI=1S/C33H37F3N2O5/c1-4-17-38(5-2)18-16-31-23-12-9-13-25(31)42-29-26(31)22(19-24(23)38)14-15-32(29,43-20(3)39)37-30(41)27(33(34,35)36)28(40)21-10-7-6-8-11-21/h4,6-8,10-11,14-15,23-25,29H,1,5,9,12-13,16-19H2,2-3H3,(H-,37,40,41)/p+1/t23-,24+,25-,29?,31+,32?,38?/m0/s1. The van der Waals surface area contributed by atoms with Crippen molar-refractivity contribution in [1.29, 1.82) is 0 Å². The van der Waals surface area contributed by atoms with Crippen LogP contribution in [-0.4, -0.2) is 71.3 Å². The zero-order chi connectivity index (χ0) is 30.8. The first-order valence-electron chi connectivity index (χ1n) is 15.1. The molecular weight excluding hydrogens is 561 g/mol. The second kappa shape index (κ2) is 10.4. The number of hydrogen-bond acceptors (Lipinski definition) is 5. The Hall–Kier alpha value is -3.37. The number of ether oxygens (including phenoxy) is 2. The zero-order valence-electron chi connectivity index (χ0n) is 24.5. The van der Waals surface area contributed by atoms with Gasteiger partial charge in [0, 0.05) is 36.7 Å². The number of halogens is 3. The first kappa shape index (κ1) is 29.7. The van der Waals surface area contributed by atoms with Gasteiger partial charge in [0.2, 0.25) is 5.72 Å². The van der Waals surface area contributed by atoms with E-state index >= 15 is 0 Å². The lowest BCUT2D eigenvalue weighted by Crippen LogP contribution is -2.70. The number of likely N-dealkylation sites (N-methyl/N-ethyl adjacent to an activating group) is 1. The van der Waals surface area contributed by atoms with E-state index in [0.717, 1.165) is 74.3 Å². The number of likely N-dealkylation sites (tertiary alicyclic amines) is 1. The third-order valence-electron chi connectivity index (χ3n) is 10.7. The van der Waals surface area contributed by atoms with E-state index in [-0.39, 0.29) is 23.0 Å².